The van der Waals surface area contributed by atoms with E-state index in [0.717, 1.165) is 17.1 Å². The standard InChI is InChI=1S/C12H12ClN3O2S/c13-12-16-15-11(19-12)10(17)14-7-4-8-18-9-5-2-1-3-6-9/h1-3,5-6H,4,7-8H2,(H,14,17). The number of carbonyl (C=O) groups is 1. The topological polar surface area (TPSA) is 64.1 Å². The lowest BCUT2D eigenvalue weighted by molar-refractivity contribution is 0.0950. The van der Waals surface area contributed by atoms with Crippen LogP contribution < -0.4 is 10.1 Å². The third kappa shape index (κ3) is 4.50. The Labute approximate surface area is 119 Å². The molecule has 0 aliphatic rings. The molecule has 1 heterocycles. The summed E-state index contributed by atoms with van der Waals surface area (Å²) in [4.78, 5) is 11.6. The summed E-state index contributed by atoms with van der Waals surface area (Å²) in [6.07, 6.45) is 0.715. The Hall–Kier alpha value is -1.66. The number of ether oxygens (including phenoxy) is 1. The second-order valence-electron chi connectivity index (χ2n) is 3.63. The molecule has 0 fully saturated rings. The summed E-state index contributed by atoms with van der Waals surface area (Å²) in [7, 11) is 0. The molecule has 1 aromatic heterocycles. The van der Waals surface area contributed by atoms with Gasteiger partial charge in [-0.05, 0) is 30.2 Å². The van der Waals surface area contributed by atoms with Crippen LogP contribution in [-0.2, 0) is 0 Å². The minimum Gasteiger partial charge on any atom is -0.494 e. The van der Waals surface area contributed by atoms with Crippen LogP contribution in [0.15, 0.2) is 30.3 Å². The molecule has 0 aliphatic heterocycles. The van der Waals surface area contributed by atoms with E-state index >= 15 is 0 Å². The Bertz CT molecular complexity index is 533. The van der Waals surface area contributed by atoms with Gasteiger partial charge in [0.25, 0.3) is 5.91 Å². The molecule has 0 saturated carbocycles. The van der Waals surface area contributed by atoms with Crippen LogP contribution in [0.4, 0.5) is 0 Å². The van der Waals surface area contributed by atoms with Gasteiger partial charge in [0, 0.05) is 6.54 Å². The summed E-state index contributed by atoms with van der Waals surface area (Å²) in [5.41, 5.74) is 0. The van der Waals surface area contributed by atoms with Crippen molar-refractivity contribution in [1.29, 1.82) is 0 Å². The van der Waals surface area contributed by atoms with E-state index in [-0.39, 0.29) is 15.4 Å². The molecule has 0 unspecified atom stereocenters. The van der Waals surface area contributed by atoms with E-state index in [9.17, 15) is 4.79 Å². The van der Waals surface area contributed by atoms with Crippen molar-refractivity contribution in [3.05, 3.63) is 39.8 Å². The Kier molecular flexibility index (Phi) is 5.11. The number of aromatic nitrogens is 2. The van der Waals surface area contributed by atoms with Gasteiger partial charge in [-0.15, -0.1) is 10.2 Å². The van der Waals surface area contributed by atoms with Gasteiger partial charge >= 0.3 is 0 Å². The minimum atomic E-state index is -0.260. The second kappa shape index (κ2) is 7.06. The first-order valence-electron chi connectivity index (χ1n) is 5.71. The van der Waals surface area contributed by atoms with Crippen LogP contribution in [0.1, 0.15) is 16.2 Å². The average Bonchev–Trinajstić information content (AvgIpc) is 2.86. The molecule has 7 heteroatoms. The van der Waals surface area contributed by atoms with E-state index in [1.165, 1.54) is 0 Å². The maximum atomic E-state index is 11.6. The molecule has 0 spiro atoms. The van der Waals surface area contributed by atoms with Crippen molar-refractivity contribution >= 4 is 28.8 Å². The number of rotatable bonds is 6. The van der Waals surface area contributed by atoms with Gasteiger partial charge in [-0.2, -0.15) is 0 Å². The van der Waals surface area contributed by atoms with Gasteiger partial charge in [0.15, 0.2) is 0 Å². The maximum Gasteiger partial charge on any atom is 0.282 e. The first-order chi connectivity index (χ1) is 9.25. The molecule has 5 nitrogen and oxygen atoms in total. The van der Waals surface area contributed by atoms with Crippen molar-refractivity contribution in [3.8, 4) is 5.75 Å². The van der Waals surface area contributed by atoms with Crippen LogP contribution in [0.5, 0.6) is 5.75 Å². The molecular weight excluding hydrogens is 286 g/mol. The summed E-state index contributed by atoms with van der Waals surface area (Å²) in [5, 5.41) is 10.2. The van der Waals surface area contributed by atoms with Crippen molar-refractivity contribution in [2.75, 3.05) is 13.2 Å². The monoisotopic (exact) mass is 297 g/mol. The fourth-order valence-electron chi connectivity index (χ4n) is 1.35. The number of hydrogen-bond donors (Lipinski definition) is 1. The molecule has 0 saturated heterocycles. The molecule has 0 aliphatic carbocycles. The maximum absolute atomic E-state index is 11.6. The van der Waals surface area contributed by atoms with Crippen molar-refractivity contribution < 1.29 is 9.53 Å². The van der Waals surface area contributed by atoms with Gasteiger partial charge in [-0.3, -0.25) is 4.79 Å². The van der Waals surface area contributed by atoms with Gasteiger partial charge in [-0.25, -0.2) is 0 Å². The third-order valence-electron chi connectivity index (χ3n) is 2.21. The van der Waals surface area contributed by atoms with Gasteiger partial charge in [0.2, 0.25) is 9.47 Å². The van der Waals surface area contributed by atoms with Crippen molar-refractivity contribution in [1.82, 2.24) is 15.5 Å². The number of hydrogen-bond acceptors (Lipinski definition) is 5. The minimum absolute atomic E-state index is 0.260. The van der Waals surface area contributed by atoms with Gasteiger partial charge in [0.1, 0.15) is 5.75 Å². The first-order valence-corrected chi connectivity index (χ1v) is 6.90. The highest BCUT2D eigenvalue weighted by molar-refractivity contribution is 7.17. The Morgan fingerprint density at radius 3 is 2.79 bits per heavy atom. The van der Waals surface area contributed by atoms with Crippen LogP contribution in [0.25, 0.3) is 0 Å². The number of nitrogens with one attached hydrogen (secondary N) is 1. The van der Waals surface area contributed by atoms with Crippen molar-refractivity contribution in [2.24, 2.45) is 0 Å². The normalized spacial score (nSPS) is 10.2. The molecule has 0 atom stereocenters. The Morgan fingerprint density at radius 2 is 2.11 bits per heavy atom. The largest absolute Gasteiger partial charge is 0.494 e. The van der Waals surface area contributed by atoms with Crippen LogP contribution in [-0.4, -0.2) is 29.3 Å². The Balaban J connectivity index is 1.63. The number of nitrogens with zero attached hydrogens (tertiary/aromatic N) is 2. The predicted octanol–water partition coefficient (Wildman–Crippen LogP) is 2.39. The SMILES string of the molecule is O=C(NCCCOc1ccccc1)c1nnc(Cl)s1. The number of para-hydroxylation sites is 1. The lowest BCUT2D eigenvalue weighted by atomic mass is 10.3. The van der Waals surface area contributed by atoms with Crippen LogP contribution in [0.2, 0.25) is 4.47 Å². The number of halogens is 1. The van der Waals surface area contributed by atoms with Crippen LogP contribution >= 0.6 is 22.9 Å². The van der Waals surface area contributed by atoms with E-state index in [1.54, 1.807) is 0 Å². The number of carbonyl (C=O) groups excluding carboxylic acids is 1. The molecule has 0 radical (unpaired) electrons. The zero-order valence-electron chi connectivity index (χ0n) is 10.0. The smallest absolute Gasteiger partial charge is 0.282 e. The lowest BCUT2D eigenvalue weighted by Crippen LogP contribution is -2.25. The summed E-state index contributed by atoms with van der Waals surface area (Å²) < 4.78 is 5.76. The van der Waals surface area contributed by atoms with E-state index in [0.29, 0.717) is 19.6 Å². The summed E-state index contributed by atoms with van der Waals surface area (Å²) in [6, 6.07) is 9.54. The highest BCUT2D eigenvalue weighted by Crippen LogP contribution is 2.14. The van der Waals surface area contributed by atoms with E-state index in [2.05, 4.69) is 15.5 Å². The van der Waals surface area contributed by atoms with Crippen LogP contribution in [0.3, 0.4) is 0 Å². The Morgan fingerprint density at radius 1 is 1.32 bits per heavy atom. The molecule has 2 aromatic rings. The molecular formula is C12H12ClN3O2S. The molecule has 1 aromatic carbocycles. The highest BCUT2D eigenvalue weighted by atomic mass is 35.5. The van der Waals surface area contributed by atoms with Crippen molar-refractivity contribution in [3.63, 3.8) is 0 Å². The zero-order chi connectivity index (χ0) is 13.5. The molecule has 1 N–H and O–H groups in total. The van der Waals surface area contributed by atoms with Gasteiger partial charge in [0.05, 0.1) is 6.61 Å². The zero-order valence-corrected chi connectivity index (χ0v) is 11.6. The van der Waals surface area contributed by atoms with E-state index in [4.69, 9.17) is 16.3 Å². The average molecular weight is 298 g/mol. The summed E-state index contributed by atoms with van der Waals surface area (Å²) in [5.74, 6) is 0.564. The summed E-state index contributed by atoms with van der Waals surface area (Å²) in [6.45, 7) is 1.06. The lowest BCUT2D eigenvalue weighted by Gasteiger charge is -2.06. The molecule has 2 rings (SSSR count). The van der Waals surface area contributed by atoms with Gasteiger partial charge < -0.3 is 10.1 Å². The molecule has 0 bridgehead atoms. The fourth-order valence-corrected chi connectivity index (χ4v) is 2.10. The fraction of sp³-hybridized carbons (Fsp3) is 0.250. The number of benzene rings is 1. The highest BCUT2D eigenvalue weighted by Gasteiger charge is 2.10. The van der Waals surface area contributed by atoms with Crippen molar-refractivity contribution in [2.45, 2.75) is 6.42 Å². The molecule has 100 valence electrons. The summed E-state index contributed by atoms with van der Waals surface area (Å²) >= 11 is 6.66. The first kappa shape index (κ1) is 13.8. The van der Waals surface area contributed by atoms with E-state index < -0.39 is 0 Å². The second-order valence-corrected chi connectivity index (χ2v) is 5.19. The van der Waals surface area contributed by atoms with Crippen LogP contribution in [0, 0.1) is 0 Å². The molecule has 19 heavy (non-hydrogen) atoms. The number of amides is 1. The van der Waals surface area contributed by atoms with E-state index in [1.807, 2.05) is 30.3 Å². The third-order valence-corrected chi connectivity index (χ3v) is 3.23. The van der Waals surface area contributed by atoms with Gasteiger partial charge in [-0.1, -0.05) is 29.5 Å². The molecule has 1 amide bonds. The predicted molar refractivity (Wildman–Crippen MR) is 73.8 cm³/mol. The quantitative estimate of drug-likeness (QED) is 0.832.